The Morgan fingerprint density at radius 1 is 1.08 bits per heavy atom. The molecule has 5 rings (SSSR count). The van der Waals surface area contributed by atoms with Gasteiger partial charge in [-0.1, -0.05) is 18.2 Å². The van der Waals surface area contributed by atoms with Crippen molar-refractivity contribution in [3.8, 4) is 17.0 Å². The van der Waals surface area contributed by atoms with Crippen molar-refractivity contribution in [2.24, 2.45) is 7.05 Å². The zero-order valence-corrected chi connectivity index (χ0v) is 21.4. The number of nitrogens with zero attached hydrogens (tertiary/aromatic N) is 4. The molecule has 0 spiro atoms. The fourth-order valence-corrected chi connectivity index (χ4v) is 5.27. The molecule has 2 aromatic heterocycles. The summed E-state index contributed by atoms with van der Waals surface area (Å²) in [6, 6.07) is 16.5. The molecule has 1 N–H and O–H groups in total. The summed E-state index contributed by atoms with van der Waals surface area (Å²) in [5.41, 5.74) is 4.21. The normalized spacial score (nSPS) is 13.7. The van der Waals surface area contributed by atoms with Gasteiger partial charge in [0.25, 0.3) is 0 Å². The van der Waals surface area contributed by atoms with Crippen molar-refractivity contribution in [2.75, 3.05) is 19.5 Å². The summed E-state index contributed by atoms with van der Waals surface area (Å²) < 4.78 is 35.3. The first-order valence-corrected chi connectivity index (χ1v) is 13.2. The van der Waals surface area contributed by atoms with Gasteiger partial charge in [0.05, 0.1) is 24.0 Å². The molecule has 1 fully saturated rings. The smallest absolute Gasteiger partial charge is 0.243 e. The van der Waals surface area contributed by atoms with E-state index < -0.39 is 10.0 Å². The van der Waals surface area contributed by atoms with Crippen molar-refractivity contribution >= 4 is 21.5 Å². The van der Waals surface area contributed by atoms with Crippen LogP contribution >= 0.6 is 0 Å². The largest absolute Gasteiger partial charge is 0.497 e. The molecule has 0 bridgehead atoms. The Morgan fingerprint density at radius 3 is 2.47 bits per heavy atom. The third kappa shape index (κ3) is 5.12. The number of imidazole rings is 1. The van der Waals surface area contributed by atoms with Gasteiger partial charge in [0.1, 0.15) is 11.6 Å². The van der Waals surface area contributed by atoms with Crippen molar-refractivity contribution in [3.63, 3.8) is 0 Å². The van der Waals surface area contributed by atoms with Gasteiger partial charge in [0.15, 0.2) is 0 Å². The van der Waals surface area contributed by atoms with Crippen molar-refractivity contribution in [1.82, 2.24) is 18.8 Å². The SMILES string of the molecule is COc1ccc(CN(C)S(=O)(=O)c2ccc(Nc3ccc(C4CC4)cn3)c(-c3cn(C)cn3)c2)cc1. The second-order valence-electron chi connectivity index (χ2n) is 9.12. The Balaban J connectivity index is 1.44. The molecule has 36 heavy (non-hydrogen) atoms. The predicted molar refractivity (Wildman–Crippen MR) is 140 cm³/mol. The molecular weight excluding hydrogens is 474 g/mol. The minimum Gasteiger partial charge on any atom is -0.497 e. The summed E-state index contributed by atoms with van der Waals surface area (Å²) in [5.74, 6) is 2.06. The molecule has 0 saturated heterocycles. The highest BCUT2D eigenvalue weighted by Crippen LogP contribution is 2.40. The Kier molecular flexibility index (Phi) is 6.51. The Hall–Kier alpha value is -3.69. The van der Waals surface area contributed by atoms with E-state index in [1.807, 2.05) is 54.3 Å². The van der Waals surface area contributed by atoms with Crippen molar-refractivity contribution in [3.05, 3.63) is 84.4 Å². The highest BCUT2D eigenvalue weighted by molar-refractivity contribution is 7.89. The molecule has 0 radical (unpaired) electrons. The number of hydrogen-bond donors (Lipinski definition) is 1. The summed E-state index contributed by atoms with van der Waals surface area (Å²) in [6.07, 6.45) is 7.91. The number of anilines is 2. The zero-order valence-electron chi connectivity index (χ0n) is 20.5. The topological polar surface area (TPSA) is 89.4 Å². The molecule has 2 heterocycles. The van der Waals surface area contributed by atoms with Crippen LogP contribution in [0.3, 0.4) is 0 Å². The van der Waals surface area contributed by atoms with E-state index >= 15 is 0 Å². The van der Waals surface area contributed by atoms with Crippen LogP contribution < -0.4 is 10.1 Å². The Labute approximate surface area is 211 Å². The lowest BCUT2D eigenvalue weighted by Gasteiger charge is -2.19. The van der Waals surface area contributed by atoms with Crippen LogP contribution in [-0.2, 0) is 23.6 Å². The van der Waals surface area contributed by atoms with Crippen molar-refractivity contribution < 1.29 is 13.2 Å². The average Bonchev–Trinajstić information content (AvgIpc) is 3.65. The fraction of sp³-hybridized carbons (Fsp3) is 0.259. The van der Waals surface area contributed by atoms with Crippen LogP contribution in [0.15, 0.2) is 78.2 Å². The van der Waals surface area contributed by atoms with Crippen LogP contribution in [0.1, 0.15) is 29.9 Å². The van der Waals surface area contributed by atoms with Crippen LogP contribution in [0.2, 0.25) is 0 Å². The van der Waals surface area contributed by atoms with Gasteiger partial charge in [-0.25, -0.2) is 18.4 Å². The molecule has 8 nitrogen and oxygen atoms in total. The summed E-state index contributed by atoms with van der Waals surface area (Å²) in [4.78, 5) is 9.23. The Bertz CT molecular complexity index is 1460. The summed E-state index contributed by atoms with van der Waals surface area (Å²) in [7, 11) is 1.31. The number of pyridine rings is 1. The number of sulfonamides is 1. The number of hydrogen-bond acceptors (Lipinski definition) is 6. The van der Waals surface area contributed by atoms with Crippen LogP contribution in [0.25, 0.3) is 11.3 Å². The van der Waals surface area contributed by atoms with Gasteiger partial charge in [0.2, 0.25) is 10.0 Å². The number of aryl methyl sites for hydroxylation is 1. The van der Waals surface area contributed by atoms with Crippen LogP contribution in [0.5, 0.6) is 5.75 Å². The van der Waals surface area contributed by atoms with E-state index in [1.165, 1.54) is 22.7 Å². The van der Waals surface area contributed by atoms with E-state index in [0.717, 1.165) is 17.0 Å². The van der Waals surface area contributed by atoms with E-state index in [0.29, 0.717) is 23.0 Å². The lowest BCUT2D eigenvalue weighted by atomic mass is 10.1. The number of nitrogens with one attached hydrogen (secondary N) is 1. The lowest BCUT2D eigenvalue weighted by Crippen LogP contribution is -2.26. The maximum absolute atomic E-state index is 13.5. The van der Waals surface area contributed by atoms with Crippen LogP contribution in [0, 0.1) is 0 Å². The number of rotatable bonds is 9. The first kappa shape index (κ1) is 24.0. The van der Waals surface area contributed by atoms with E-state index in [1.54, 1.807) is 38.7 Å². The molecule has 0 amide bonds. The number of methoxy groups -OCH3 is 1. The lowest BCUT2D eigenvalue weighted by molar-refractivity contribution is 0.414. The zero-order chi connectivity index (χ0) is 25.3. The molecule has 1 saturated carbocycles. The second kappa shape index (κ2) is 9.75. The molecule has 2 aromatic carbocycles. The first-order valence-electron chi connectivity index (χ1n) is 11.8. The van der Waals surface area contributed by atoms with Gasteiger partial charge < -0.3 is 14.6 Å². The van der Waals surface area contributed by atoms with E-state index in [2.05, 4.69) is 21.4 Å². The molecule has 9 heteroatoms. The van der Waals surface area contributed by atoms with Gasteiger partial charge in [-0.3, -0.25) is 0 Å². The van der Waals surface area contributed by atoms with Crippen LogP contribution in [0.4, 0.5) is 11.5 Å². The highest BCUT2D eigenvalue weighted by Gasteiger charge is 2.25. The van der Waals surface area contributed by atoms with Crippen molar-refractivity contribution in [1.29, 1.82) is 0 Å². The molecule has 1 aliphatic rings. The summed E-state index contributed by atoms with van der Waals surface area (Å²) in [5, 5.41) is 3.34. The minimum absolute atomic E-state index is 0.196. The summed E-state index contributed by atoms with van der Waals surface area (Å²) >= 11 is 0. The first-order chi connectivity index (χ1) is 17.3. The molecule has 4 aromatic rings. The third-order valence-electron chi connectivity index (χ3n) is 6.34. The molecule has 186 valence electrons. The van der Waals surface area contributed by atoms with Gasteiger partial charge >= 0.3 is 0 Å². The van der Waals surface area contributed by atoms with Crippen LogP contribution in [-0.4, -0.2) is 41.4 Å². The monoisotopic (exact) mass is 503 g/mol. The molecular formula is C27H29N5O3S. The molecule has 1 aliphatic carbocycles. The van der Waals surface area contributed by atoms with Gasteiger partial charge in [-0.15, -0.1) is 0 Å². The number of benzene rings is 2. The van der Waals surface area contributed by atoms with Gasteiger partial charge in [-0.05, 0) is 66.3 Å². The third-order valence-corrected chi connectivity index (χ3v) is 8.14. The van der Waals surface area contributed by atoms with Gasteiger partial charge in [0, 0.05) is 44.3 Å². The van der Waals surface area contributed by atoms with E-state index in [4.69, 9.17) is 4.74 Å². The average molecular weight is 504 g/mol. The quantitative estimate of drug-likeness (QED) is 0.348. The van der Waals surface area contributed by atoms with Gasteiger partial charge in [-0.2, -0.15) is 4.31 Å². The fourth-order valence-electron chi connectivity index (χ4n) is 4.09. The predicted octanol–water partition coefficient (Wildman–Crippen LogP) is 4.93. The van der Waals surface area contributed by atoms with E-state index in [9.17, 15) is 8.42 Å². The maximum Gasteiger partial charge on any atom is 0.243 e. The molecule has 0 aliphatic heterocycles. The standard InChI is InChI=1S/C27H29N5O3S/c1-31-17-26(29-18-31)24-14-23(36(33,34)32(2)16-19-4-9-22(35-3)10-5-19)11-12-25(24)30-27-13-8-21(15-28-27)20-6-7-20/h4-5,8-15,17-18,20H,6-7,16H2,1-3H3,(H,28,30). The van der Waals surface area contributed by atoms with E-state index in [-0.39, 0.29) is 11.4 Å². The number of aromatic nitrogens is 3. The Morgan fingerprint density at radius 2 is 1.86 bits per heavy atom. The maximum atomic E-state index is 13.5. The summed E-state index contributed by atoms with van der Waals surface area (Å²) in [6.45, 7) is 0.239. The molecule has 0 atom stereocenters. The van der Waals surface area contributed by atoms with Crippen molar-refractivity contribution in [2.45, 2.75) is 30.2 Å². The number of ether oxygens (including phenoxy) is 1. The minimum atomic E-state index is -3.75. The second-order valence-corrected chi connectivity index (χ2v) is 11.2. The highest BCUT2D eigenvalue weighted by atomic mass is 32.2. The molecule has 0 unspecified atom stereocenters.